The third kappa shape index (κ3) is 3.96. The molecule has 1 aromatic carbocycles. The average Bonchev–Trinajstić information content (AvgIpc) is 3.44. The van der Waals surface area contributed by atoms with E-state index in [2.05, 4.69) is 17.1 Å². The molecule has 1 N–H and O–H groups in total. The summed E-state index contributed by atoms with van der Waals surface area (Å²) in [6, 6.07) is 7.69. The maximum Gasteiger partial charge on any atom is 0.253 e. The highest BCUT2D eigenvalue weighted by atomic mass is 16.2. The molecular weight excluding hydrogens is 302 g/mol. The van der Waals surface area contributed by atoms with Gasteiger partial charge < -0.3 is 15.1 Å². The van der Waals surface area contributed by atoms with E-state index in [0.717, 1.165) is 45.3 Å². The van der Waals surface area contributed by atoms with Gasteiger partial charge in [0.25, 0.3) is 11.8 Å². The normalized spacial score (nSPS) is 19.1. The largest absolute Gasteiger partial charge is 0.349 e. The summed E-state index contributed by atoms with van der Waals surface area (Å²) >= 11 is 0. The van der Waals surface area contributed by atoms with Crippen LogP contribution in [0.4, 0.5) is 0 Å². The van der Waals surface area contributed by atoms with Crippen LogP contribution in [0.3, 0.4) is 0 Å². The monoisotopic (exact) mass is 329 g/mol. The molecule has 130 valence electrons. The van der Waals surface area contributed by atoms with E-state index in [1.807, 2.05) is 11.9 Å². The lowest BCUT2D eigenvalue weighted by molar-refractivity contribution is 0.0647. The number of nitrogens with one attached hydrogen (secondary N) is 1. The standard InChI is InChI=1S/C19H27N3O2/c1-3-22-11-9-17(10-12-22)21(2)19(24)15-6-4-5-14(13-15)18(23)20-16-7-8-16/h4-6,13,16-17H,3,7-12H2,1-2H3,(H,20,23). The highest BCUT2D eigenvalue weighted by molar-refractivity contribution is 5.99. The van der Waals surface area contributed by atoms with E-state index in [9.17, 15) is 9.59 Å². The minimum Gasteiger partial charge on any atom is -0.349 e. The molecule has 5 heteroatoms. The fourth-order valence-electron chi connectivity index (χ4n) is 3.28. The lowest BCUT2D eigenvalue weighted by Crippen LogP contribution is -2.45. The van der Waals surface area contributed by atoms with Crippen molar-refractivity contribution >= 4 is 11.8 Å². The van der Waals surface area contributed by atoms with Gasteiger partial charge >= 0.3 is 0 Å². The van der Waals surface area contributed by atoms with Crippen LogP contribution in [0.1, 0.15) is 53.3 Å². The molecular formula is C19H27N3O2. The van der Waals surface area contributed by atoms with Gasteiger partial charge in [-0.15, -0.1) is 0 Å². The number of likely N-dealkylation sites (tertiary alicyclic amines) is 1. The Bertz CT molecular complexity index is 604. The van der Waals surface area contributed by atoms with Crippen LogP contribution in [0.15, 0.2) is 24.3 Å². The number of nitrogens with zero attached hydrogens (tertiary/aromatic N) is 2. The predicted molar refractivity (Wildman–Crippen MR) is 94.2 cm³/mol. The second kappa shape index (κ2) is 7.34. The lowest BCUT2D eigenvalue weighted by Gasteiger charge is -2.36. The average molecular weight is 329 g/mol. The topological polar surface area (TPSA) is 52.7 Å². The Kier molecular flexibility index (Phi) is 5.19. The Balaban J connectivity index is 1.64. The Morgan fingerprint density at radius 1 is 1.17 bits per heavy atom. The van der Waals surface area contributed by atoms with Gasteiger partial charge in [-0.1, -0.05) is 13.0 Å². The van der Waals surface area contributed by atoms with Crippen LogP contribution in [-0.4, -0.2) is 60.4 Å². The van der Waals surface area contributed by atoms with Crippen molar-refractivity contribution in [2.75, 3.05) is 26.7 Å². The second-order valence-corrected chi connectivity index (χ2v) is 6.91. The van der Waals surface area contributed by atoms with Crippen LogP contribution in [0.2, 0.25) is 0 Å². The van der Waals surface area contributed by atoms with Crippen molar-refractivity contribution in [1.82, 2.24) is 15.1 Å². The molecule has 0 spiro atoms. The van der Waals surface area contributed by atoms with E-state index in [1.54, 1.807) is 24.3 Å². The van der Waals surface area contributed by atoms with Crippen LogP contribution in [0, 0.1) is 0 Å². The number of carbonyl (C=O) groups is 2. The van der Waals surface area contributed by atoms with Crippen molar-refractivity contribution in [2.24, 2.45) is 0 Å². The van der Waals surface area contributed by atoms with Gasteiger partial charge in [0.05, 0.1) is 0 Å². The Hall–Kier alpha value is -1.88. The van der Waals surface area contributed by atoms with Gasteiger partial charge in [-0.25, -0.2) is 0 Å². The minimum atomic E-state index is -0.0777. The van der Waals surface area contributed by atoms with E-state index in [0.29, 0.717) is 17.2 Å². The molecule has 1 aromatic rings. The van der Waals surface area contributed by atoms with Crippen LogP contribution in [0.5, 0.6) is 0 Å². The van der Waals surface area contributed by atoms with Crippen LogP contribution < -0.4 is 5.32 Å². The maximum atomic E-state index is 12.8. The molecule has 2 aliphatic rings. The number of hydrogen-bond donors (Lipinski definition) is 1. The van der Waals surface area contributed by atoms with E-state index in [1.165, 1.54) is 0 Å². The van der Waals surface area contributed by atoms with Gasteiger partial charge in [-0.3, -0.25) is 9.59 Å². The third-order valence-corrected chi connectivity index (χ3v) is 5.16. The third-order valence-electron chi connectivity index (χ3n) is 5.16. The van der Waals surface area contributed by atoms with Gasteiger partial charge in [0, 0.05) is 43.3 Å². The summed E-state index contributed by atoms with van der Waals surface area (Å²) in [7, 11) is 1.88. The number of benzene rings is 1. The Labute approximate surface area is 144 Å². The molecule has 2 fully saturated rings. The van der Waals surface area contributed by atoms with Gasteiger partial charge in [0.2, 0.25) is 0 Å². The molecule has 1 saturated carbocycles. The SMILES string of the molecule is CCN1CCC(N(C)C(=O)c2cccc(C(=O)NC3CC3)c2)CC1. The first-order valence-electron chi connectivity index (χ1n) is 8.99. The van der Waals surface area contributed by atoms with Gasteiger partial charge in [0.15, 0.2) is 0 Å². The van der Waals surface area contributed by atoms with Gasteiger partial charge in [-0.2, -0.15) is 0 Å². The molecule has 1 saturated heterocycles. The lowest BCUT2D eigenvalue weighted by atomic mass is 10.0. The van der Waals surface area contributed by atoms with Crippen molar-refractivity contribution in [3.05, 3.63) is 35.4 Å². The number of carbonyl (C=O) groups excluding carboxylic acids is 2. The highest BCUT2D eigenvalue weighted by Crippen LogP contribution is 2.20. The first-order valence-corrected chi connectivity index (χ1v) is 8.99. The molecule has 1 heterocycles. The van der Waals surface area contributed by atoms with E-state index >= 15 is 0 Å². The van der Waals surface area contributed by atoms with Crippen LogP contribution in [0.25, 0.3) is 0 Å². The van der Waals surface area contributed by atoms with E-state index in [-0.39, 0.29) is 17.9 Å². The fourth-order valence-corrected chi connectivity index (χ4v) is 3.28. The van der Waals surface area contributed by atoms with Crippen molar-refractivity contribution in [3.63, 3.8) is 0 Å². The van der Waals surface area contributed by atoms with Crippen molar-refractivity contribution in [2.45, 2.75) is 44.7 Å². The molecule has 1 aliphatic carbocycles. The predicted octanol–water partition coefficient (Wildman–Crippen LogP) is 2.14. The molecule has 0 atom stereocenters. The molecule has 0 radical (unpaired) electrons. The summed E-state index contributed by atoms with van der Waals surface area (Å²) in [6.07, 6.45) is 4.14. The summed E-state index contributed by atoms with van der Waals surface area (Å²) in [5.41, 5.74) is 1.17. The van der Waals surface area contributed by atoms with Crippen LogP contribution in [-0.2, 0) is 0 Å². The number of hydrogen-bond acceptors (Lipinski definition) is 3. The summed E-state index contributed by atoms with van der Waals surface area (Å²) in [5.74, 6) is -0.0722. The Morgan fingerprint density at radius 2 is 1.83 bits per heavy atom. The molecule has 5 nitrogen and oxygen atoms in total. The fraction of sp³-hybridized carbons (Fsp3) is 0.579. The second-order valence-electron chi connectivity index (χ2n) is 6.91. The number of amides is 2. The van der Waals surface area contributed by atoms with Crippen molar-refractivity contribution < 1.29 is 9.59 Å². The summed E-state index contributed by atoms with van der Waals surface area (Å²) in [5, 5.41) is 2.97. The smallest absolute Gasteiger partial charge is 0.253 e. The summed E-state index contributed by atoms with van der Waals surface area (Å²) in [4.78, 5) is 29.2. The molecule has 0 unspecified atom stereocenters. The molecule has 0 aromatic heterocycles. The zero-order valence-corrected chi connectivity index (χ0v) is 14.6. The van der Waals surface area contributed by atoms with Crippen molar-refractivity contribution in [1.29, 1.82) is 0 Å². The van der Waals surface area contributed by atoms with Gasteiger partial charge in [0.1, 0.15) is 0 Å². The quantitative estimate of drug-likeness (QED) is 0.900. The highest BCUT2D eigenvalue weighted by Gasteiger charge is 2.27. The molecule has 24 heavy (non-hydrogen) atoms. The van der Waals surface area contributed by atoms with E-state index in [4.69, 9.17) is 0 Å². The first kappa shape index (κ1) is 17.0. The molecule has 3 rings (SSSR count). The zero-order valence-electron chi connectivity index (χ0n) is 14.6. The maximum absolute atomic E-state index is 12.8. The first-order chi connectivity index (χ1) is 11.6. The molecule has 0 bridgehead atoms. The summed E-state index contributed by atoms with van der Waals surface area (Å²) in [6.45, 7) is 5.33. The van der Waals surface area contributed by atoms with Crippen molar-refractivity contribution in [3.8, 4) is 0 Å². The minimum absolute atomic E-state index is 0.00557. The Morgan fingerprint density at radius 3 is 2.46 bits per heavy atom. The van der Waals surface area contributed by atoms with E-state index < -0.39 is 0 Å². The number of rotatable bonds is 5. The molecule has 2 amide bonds. The summed E-state index contributed by atoms with van der Waals surface area (Å²) < 4.78 is 0. The number of piperidine rings is 1. The van der Waals surface area contributed by atoms with Crippen LogP contribution >= 0.6 is 0 Å². The zero-order chi connectivity index (χ0) is 17.1. The van der Waals surface area contributed by atoms with Gasteiger partial charge in [-0.05, 0) is 50.4 Å². The molecule has 1 aliphatic heterocycles.